The fourth-order valence-corrected chi connectivity index (χ4v) is 6.22. The number of rotatable bonds is 8. The first-order valence-electron chi connectivity index (χ1n) is 8.47. The Morgan fingerprint density at radius 2 is 1.24 bits per heavy atom. The largest absolute Gasteiger partial charge is 0.412 e. The Labute approximate surface area is 150 Å². The molecule has 0 atom stereocenters. The molecule has 25 heavy (non-hydrogen) atoms. The maximum Gasteiger partial charge on any atom is 0.164 e. The minimum absolute atomic E-state index is 0. The summed E-state index contributed by atoms with van der Waals surface area (Å²) in [4.78, 5) is 0. The van der Waals surface area contributed by atoms with Crippen molar-refractivity contribution < 1.29 is 19.5 Å². The van der Waals surface area contributed by atoms with Gasteiger partial charge in [-0.05, 0) is 38.8 Å². The predicted octanol–water partition coefficient (Wildman–Crippen LogP) is 3.19. The zero-order chi connectivity index (χ0) is 17.6. The Morgan fingerprint density at radius 1 is 0.840 bits per heavy atom. The van der Waals surface area contributed by atoms with Crippen LogP contribution in [0.3, 0.4) is 0 Å². The minimum Gasteiger partial charge on any atom is -0.412 e. The van der Waals surface area contributed by atoms with Crippen molar-refractivity contribution in [1.82, 2.24) is 0 Å². The van der Waals surface area contributed by atoms with E-state index in [2.05, 4.69) is 0 Å². The molecule has 2 aromatic rings. The van der Waals surface area contributed by atoms with Gasteiger partial charge in [0.25, 0.3) is 0 Å². The van der Waals surface area contributed by atoms with E-state index in [1.165, 1.54) is 0 Å². The number of hydrogen-bond donors (Lipinski definition) is 0. The highest BCUT2D eigenvalue weighted by atomic mass is 31.2. The van der Waals surface area contributed by atoms with Gasteiger partial charge in [-0.1, -0.05) is 48.5 Å². The summed E-state index contributed by atoms with van der Waals surface area (Å²) in [5.74, 6) is 0. The van der Waals surface area contributed by atoms with E-state index in [1.807, 2.05) is 76.2 Å². The molecule has 0 heterocycles. The van der Waals surface area contributed by atoms with E-state index in [-0.39, 0.29) is 5.48 Å². The molecule has 5 heteroatoms. The number of hydrogen-bond acceptors (Lipinski definition) is 3. The van der Waals surface area contributed by atoms with E-state index >= 15 is 0 Å². The molecule has 0 fully saturated rings. The van der Waals surface area contributed by atoms with Gasteiger partial charge in [-0.15, -0.1) is 0 Å². The lowest BCUT2D eigenvalue weighted by molar-refractivity contribution is -0.120. The van der Waals surface area contributed by atoms with Gasteiger partial charge in [0.05, 0.1) is 6.16 Å². The van der Waals surface area contributed by atoms with Crippen molar-refractivity contribution in [3.63, 3.8) is 0 Å². The summed E-state index contributed by atoms with van der Waals surface area (Å²) < 4.78 is 25.7. The van der Waals surface area contributed by atoms with Crippen LogP contribution in [0.25, 0.3) is 0 Å². The Morgan fingerprint density at radius 3 is 1.60 bits per heavy atom. The molecule has 0 bridgehead atoms. The van der Waals surface area contributed by atoms with Crippen LogP contribution in [0, 0.1) is 13.8 Å². The molecule has 0 radical (unpaired) electrons. The topological polar surface area (TPSA) is 67.0 Å². The van der Waals surface area contributed by atoms with Crippen LogP contribution in [0.5, 0.6) is 0 Å². The molecule has 4 nitrogen and oxygen atoms in total. The first-order valence-corrected chi connectivity index (χ1v) is 10.4. The molecule has 0 aliphatic heterocycles. The zero-order valence-electron chi connectivity index (χ0n) is 15.5. The predicted molar refractivity (Wildman–Crippen MR) is 105 cm³/mol. The van der Waals surface area contributed by atoms with Crippen LogP contribution < -0.4 is 10.6 Å². The second kappa shape index (κ2) is 9.88. The van der Waals surface area contributed by atoms with Crippen molar-refractivity contribution in [1.29, 1.82) is 0 Å². The van der Waals surface area contributed by atoms with Crippen LogP contribution in [-0.2, 0) is 14.0 Å². The number of ether oxygens (including phenoxy) is 2. The highest BCUT2D eigenvalue weighted by Gasteiger charge is 2.33. The molecule has 0 aliphatic rings. The van der Waals surface area contributed by atoms with Crippen LogP contribution >= 0.6 is 7.14 Å². The van der Waals surface area contributed by atoms with Gasteiger partial charge in [0.2, 0.25) is 0 Å². The molecule has 0 saturated carbocycles. The molecule has 0 aromatic heterocycles. The van der Waals surface area contributed by atoms with Gasteiger partial charge in [0.1, 0.15) is 7.14 Å². The molecule has 2 N–H and O–H groups in total. The Balaban J connectivity index is 0.00000312. The van der Waals surface area contributed by atoms with Crippen molar-refractivity contribution >= 4 is 17.8 Å². The number of aryl methyl sites for hydroxylation is 2. The van der Waals surface area contributed by atoms with E-state index < -0.39 is 13.4 Å². The van der Waals surface area contributed by atoms with Crippen molar-refractivity contribution in [3.05, 3.63) is 59.7 Å². The van der Waals surface area contributed by atoms with Gasteiger partial charge in [-0.25, -0.2) is 0 Å². The maximum absolute atomic E-state index is 14.3. The molecule has 0 unspecified atom stereocenters. The lowest BCUT2D eigenvalue weighted by atomic mass is 10.2. The average molecular weight is 364 g/mol. The third-order valence-electron chi connectivity index (χ3n) is 4.12. The van der Waals surface area contributed by atoms with Gasteiger partial charge in [-0.3, -0.25) is 0 Å². The monoisotopic (exact) mass is 364 g/mol. The molecule has 2 rings (SSSR count). The van der Waals surface area contributed by atoms with E-state index in [9.17, 15) is 4.57 Å². The lowest BCUT2D eigenvalue weighted by Gasteiger charge is -2.27. The third-order valence-corrected chi connectivity index (χ3v) is 7.49. The summed E-state index contributed by atoms with van der Waals surface area (Å²) >= 11 is 0. The quantitative estimate of drug-likeness (QED) is 0.534. The Kier molecular flexibility index (Phi) is 8.54. The first-order chi connectivity index (χ1) is 11.5. The molecule has 138 valence electrons. The second-order valence-electron chi connectivity index (χ2n) is 5.84. The van der Waals surface area contributed by atoms with Crippen molar-refractivity contribution in [2.24, 2.45) is 0 Å². The van der Waals surface area contributed by atoms with Crippen molar-refractivity contribution in [2.75, 3.05) is 19.4 Å². The average Bonchev–Trinajstić information content (AvgIpc) is 2.56. The smallest absolute Gasteiger partial charge is 0.164 e. The van der Waals surface area contributed by atoms with Crippen LogP contribution in [0.15, 0.2) is 48.5 Å². The normalized spacial score (nSPS) is 11.4. The SMILES string of the molecule is CCOC(CP(=O)(c1ccccc1C)c1ccccc1C)OCC.O. The van der Waals surface area contributed by atoms with Crippen LogP contribution in [0.1, 0.15) is 25.0 Å². The lowest BCUT2D eigenvalue weighted by Crippen LogP contribution is -2.30. The van der Waals surface area contributed by atoms with Crippen molar-refractivity contribution in [3.8, 4) is 0 Å². The standard InChI is InChI=1S/C20H27O3P.H2O/c1-5-22-20(23-6-2)15-24(21,18-13-9-7-11-16(18)3)19-14-10-8-12-17(19)4;/h7-14,20H,5-6,15H2,1-4H3;1H2. The van der Waals surface area contributed by atoms with Gasteiger partial charge in [-0.2, -0.15) is 0 Å². The second-order valence-corrected chi connectivity index (χ2v) is 8.64. The molecular formula is C20H29O4P. The maximum atomic E-state index is 14.3. The summed E-state index contributed by atoms with van der Waals surface area (Å²) in [6, 6.07) is 15.8. The van der Waals surface area contributed by atoms with E-state index in [4.69, 9.17) is 9.47 Å². The van der Waals surface area contributed by atoms with Crippen LogP contribution in [-0.4, -0.2) is 31.1 Å². The first kappa shape index (κ1) is 21.6. The molecule has 0 saturated heterocycles. The van der Waals surface area contributed by atoms with E-state index in [0.29, 0.717) is 19.4 Å². The Hall–Kier alpha value is -1.45. The highest BCUT2D eigenvalue weighted by Crippen LogP contribution is 2.46. The summed E-state index contributed by atoms with van der Waals surface area (Å²) in [5, 5.41) is 1.78. The Bertz CT molecular complexity index is 659. The van der Waals surface area contributed by atoms with Gasteiger partial charge >= 0.3 is 0 Å². The zero-order valence-corrected chi connectivity index (χ0v) is 16.4. The fourth-order valence-electron chi connectivity index (χ4n) is 3.00. The summed E-state index contributed by atoms with van der Waals surface area (Å²) in [7, 11) is -2.86. The van der Waals surface area contributed by atoms with Crippen LogP contribution in [0.4, 0.5) is 0 Å². The van der Waals surface area contributed by atoms with Gasteiger partial charge in [0.15, 0.2) is 6.29 Å². The van der Waals surface area contributed by atoms with Gasteiger partial charge < -0.3 is 19.5 Å². The molecular weight excluding hydrogens is 335 g/mol. The number of benzene rings is 2. The summed E-state index contributed by atoms with van der Waals surface area (Å²) in [5.41, 5.74) is 2.08. The van der Waals surface area contributed by atoms with E-state index in [1.54, 1.807) is 0 Å². The summed E-state index contributed by atoms with van der Waals surface area (Å²) in [6.45, 7) is 8.95. The van der Waals surface area contributed by atoms with Gasteiger partial charge in [0, 0.05) is 23.8 Å². The van der Waals surface area contributed by atoms with Crippen LogP contribution in [0.2, 0.25) is 0 Å². The highest BCUT2D eigenvalue weighted by molar-refractivity contribution is 7.78. The molecule has 0 spiro atoms. The summed E-state index contributed by atoms with van der Waals surface area (Å²) in [6.07, 6.45) is -0.116. The van der Waals surface area contributed by atoms with Crippen molar-refractivity contribution in [2.45, 2.75) is 34.0 Å². The molecule has 2 aromatic carbocycles. The third kappa shape index (κ3) is 5.02. The molecule has 0 aliphatic carbocycles. The minimum atomic E-state index is -2.86. The van der Waals surface area contributed by atoms with E-state index in [0.717, 1.165) is 21.7 Å². The molecule has 0 amide bonds. The fraction of sp³-hybridized carbons (Fsp3) is 0.400.